The van der Waals surface area contributed by atoms with Crippen LogP contribution >= 0.6 is 11.6 Å². The fraction of sp³-hybridized carbons (Fsp3) is 0.316. The molecule has 12 heteroatoms. The molecule has 31 heavy (non-hydrogen) atoms. The van der Waals surface area contributed by atoms with E-state index in [2.05, 4.69) is 10.2 Å². The van der Waals surface area contributed by atoms with E-state index < -0.39 is 10.0 Å². The highest BCUT2D eigenvalue weighted by molar-refractivity contribution is 7.89. The number of nitrogens with zero attached hydrogens (tertiary/aromatic N) is 6. The zero-order valence-electron chi connectivity index (χ0n) is 16.8. The molecule has 1 fully saturated rings. The topological polar surface area (TPSA) is 103 Å². The van der Waals surface area contributed by atoms with Crippen molar-refractivity contribution in [3.05, 3.63) is 59.6 Å². The number of aromatic nitrogens is 4. The molecule has 1 aliphatic heterocycles. The summed E-state index contributed by atoms with van der Waals surface area (Å²) in [6, 6.07) is 8.56. The molecule has 0 saturated carbocycles. The summed E-state index contributed by atoms with van der Waals surface area (Å²) in [6.07, 6.45) is 4.45. The van der Waals surface area contributed by atoms with Crippen LogP contribution in [0, 0.1) is 0 Å². The Bertz CT molecular complexity index is 1170. The van der Waals surface area contributed by atoms with Gasteiger partial charge in [-0.15, -0.1) is 0 Å². The zero-order chi connectivity index (χ0) is 22.0. The molecule has 4 rings (SSSR count). The first-order chi connectivity index (χ1) is 14.8. The van der Waals surface area contributed by atoms with Gasteiger partial charge in [-0.05, 0) is 30.3 Å². The van der Waals surface area contributed by atoms with E-state index >= 15 is 0 Å². The van der Waals surface area contributed by atoms with Gasteiger partial charge in [0, 0.05) is 50.6 Å². The number of hydrogen-bond acceptors (Lipinski definition) is 6. The molecule has 0 spiro atoms. The van der Waals surface area contributed by atoms with Crippen molar-refractivity contribution in [1.29, 1.82) is 0 Å². The first-order valence-corrected chi connectivity index (χ1v) is 11.3. The van der Waals surface area contributed by atoms with Crippen molar-refractivity contribution >= 4 is 27.5 Å². The number of rotatable bonds is 6. The summed E-state index contributed by atoms with van der Waals surface area (Å²) in [5.41, 5.74) is 0.281. The number of carbonyl (C=O) groups excluding carboxylic acids is 1. The van der Waals surface area contributed by atoms with Crippen LogP contribution in [0.5, 0.6) is 5.75 Å². The van der Waals surface area contributed by atoms with Gasteiger partial charge >= 0.3 is 0 Å². The standard InChI is InChI=1S/C19H21ClN6O4S/c1-23-13-17(12-21-23)31(28,29)26-10-8-24(9-11-26)19(27)18-6-7-25(22-18)14-30-16-4-2-15(20)3-5-16/h2-7,12-13H,8-11,14H2,1H3. The molecule has 0 atom stereocenters. The van der Waals surface area contributed by atoms with Gasteiger partial charge in [0.1, 0.15) is 10.6 Å². The van der Waals surface area contributed by atoms with Crippen LogP contribution in [0.15, 0.2) is 53.8 Å². The van der Waals surface area contributed by atoms with E-state index in [-0.39, 0.29) is 49.4 Å². The fourth-order valence-electron chi connectivity index (χ4n) is 3.19. The number of hydrogen-bond donors (Lipinski definition) is 0. The van der Waals surface area contributed by atoms with Crippen LogP contribution in [-0.4, -0.2) is 69.3 Å². The van der Waals surface area contributed by atoms with Gasteiger partial charge in [0.25, 0.3) is 5.91 Å². The average molecular weight is 465 g/mol. The van der Waals surface area contributed by atoms with Crippen LogP contribution in [0.4, 0.5) is 0 Å². The van der Waals surface area contributed by atoms with E-state index in [4.69, 9.17) is 16.3 Å². The molecule has 3 heterocycles. The summed E-state index contributed by atoms with van der Waals surface area (Å²) >= 11 is 5.85. The van der Waals surface area contributed by atoms with E-state index in [1.54, 1.807) is 48.5 Å². The van der Waals surface area contributed by atoms with E-state index in [0.717, 1.165) is 0 Å². The molecule has 2 aromatic heterocycles. The highest BCUT2D eigenvalue weighted by atomic mass is 35.5. The fourth-order valence-corrected chi connectivity index (χ4v) is 4.73. The number of aryl methyl sites for hydroxylation is 1. The molecule has 1 amide bonds. The molecule has 10 nitrogen and oxygen atoms in total. The molecule has 1 aliphatic rings. The summed E-state index contributed by atoms with van der Waals surface area (Å²) < 4.78 is 35.3. The lowest BCUT2D eigenvalue weighted by Gasteiger charge is -2.33. The lowest BCUT2D eigenvalue weighted by molar-refractivity contribution is 0.0690. The van der Waals surface area contributed by atoms with Gasteiger partial charge < -0.3 is 9.64 Å². The van der Waals surface area contributed by atoms with Crippen LogP contribution in [-0.2, 0) is 23.8 Å². The van der Waals surface area contributed by atoms with Crippen molar-refractivity contribution in [3.63, 3.8) is 0 Å². The third-order valence-corrected chi connectivity index (χ3v) is 6.99. The van der Waals surface area contributed by atoms with Crippen molar-refractivity contribution in [2.45, 2.75) is 11.6 Å². The number of ether oxygens (including phenoxy) is 1. The minimum absolute atomic E-state index is 0.145. The SMILES string of the molecule is Cn1cc(S(=O)(=O)N2CCN(C(=O)c3ccn(COc4ccc(Cl)cc4)n3)CC2)cn1. The molecule has 1 aromatic carbocycles. The Morgan fingerprint density at radius 3 is 2.48 bits per heavy atom. The number of carbonyl (C=O) groups is 1. The predicted molar refractivity (Wildman–Crippen MR) is 112 cm³/mol. The second-order valence-corrected chi connectivity index (χ2v) is 9.39. The summed E-state index contributed by atoms with van der Waals surface area (Å²) in [4.78, 5) is 14.5. The van der Waals surface area contributed by atoms with Crippen molar-refractivity contribution in [3.8, 4) is 5.75 Å². The Morgan fingerprint density at radius 2 is 1.84 bits per heavy atom. The molecule has 0 radical (unpaired) electrons. The van der Waals surface area contributed by atoms with Gasteiger partial charge in [0.2, 0.25) is 10.0 Å². The van der Waals surface area contributed by atoms with Gasteiger partial charge in [0.05, 0.1) is 6.20 Å². The van der Waals surface area contributed by atoms with Crippen molar-refractivity contribution < 1.29 is 17.9 Å². The number of halogens is 1. The van der Waals surface area contributed by atoms with Crippen LogP contribution in [0.2, 0.25) is 5.02 Å². The van der Waals surface area contributed by atoms with Gasteiger partial charge in [-0.3, -0.25) is 9.48 Å². The smallest absolute Gasteiger partial charge is 0.274 e. The second kappa shape index (κ2) is 8.69. The minimum atomic E-state index is -3.62. The number of amides is 1. The maximum atomic E-state index is 12.8. The lowest BCUT2D eigenvalue weighted by Crippen LogP contribution is -2.50. The largest absolute Gasteiger partial charge is 0.471 e. The molecular formula is C19H21ClN6O4S. The average Bonchev–Trinajstić information content (AvgIpc) is 3.42. The molecule has 164 valence electrons. The first-order valence-electron chi connectivity index (χ1n) is 9.53. The Labute approximate surface area is 184 Å². The predicted octanol–water partition coefficient (Wildman–Crippen LogP) is 1.45. The summed E-state index contributed by atoms with van der Waals surface area (Å²) in [7, 11) is -1.96. The third-order valence-electron chi connectivity index (χ3n) is 4.88. The number of piperazine rings is 1. The van der Waals surface area contributed by atoms with Crippen molar-refractivity contribution in [2.24, 2.45) is 7.05 Å². The van der Waals surface area contributed by atoms with E-state index in [1.165, 1.54) is 26.1 Å². The van der Waals surface area contributed by atoms with E-state index in [0.29, 0.717) is 10.8 Å². The second-order valence-electron chi connectivity index (χ2n) is 7.01. The maximum Gasteiger partial charge on any atom is 0.274 e. The van der Waals surface area contributed by atoms with Gasteiger partial charge in [-0.25, -0.2) is 13.1 Å². The Morgan fingerprint density at radius 1 is 1.13 bits per heavy atom. The van der Waals surface area contributed by atoms with Crippen molar-refractivity contribution in [1.82, 2.24) is 28.8 Å². The van der Waals surface area contributed by atoms with Crippen LogP contribution < -0.4 is 4.74 Å². The van der Waals surface area contributed by atoms with Crippen LogP contribution in [0.25, 0.3) is 0 Å². The highest BCUT2D eigenvalue weighted by Crippen LogP contribution is 2.18. The summed E-state index contributed by atoms with van der Waals surface area (Å²) in [5.74, 6) is 0.391. The maximum absolute atomic E-state index is 12.8. The number of benzene rings is 1. The van der Waals surface area contributed by atoms with Crippen LogP contribution in [0.1, 0.15) is 10.5 Å². The van der Waals surface area contributed by atoms with Gasteiger partial charge in [0.15, 0.2) is 12.4 Å². The minimum Gasteiger partial charge on any atom is -0.471 e. The summed E-state index contributed by atoms with van der Waals surface area (Å²) in [5, 5.41) is 8.81. The Balaban J connectivity index is 1.33. The molecular weight excluding hydrogens is 444 g/mol. The lowest BCUT2D eigenvalue weighted by atomic mass is 10.3. The molecule has 0 aliphatic carbocycles. The quantitative estimate of drug-likeness (QED) is 0.547. The number of sulfonamides is 1. The van der Waals surface area contributed by atoms with E-state index in [9.17, 15) is 13.2 Å². The molecule has 0 bridgehead atoms. The molecule has 3 aromatic rings. The summed E-state index contributed by atoms with van der Waals surface area (Å²) in [6.45, 7) is 1.14. The Kier molecular flexibility index (Phi) is 5.99. The van der Waals surface area contributed by atoms with Crippen molar-refractivity contribution in [2.75, 3.05) is 26.2 Å². The molecule has 0 N–H and O–H groups in total. The zero-order valence-corrected chi connectivity index (χ0v) is 18.3. The van der Waals surface area contributed by atoms with Gasteiger partial charge in [-0.1, -0.05) is 11.6 Å². The Hall–Kier alpha value is -2.89. The monoisotopic (exact) mass is 464 g/mol. The van der Waals surface area contributed by atoms with E-state index in [1.807, 2.05) is 0 Å². The highest BCUT2D eigenvalue weighted by Gasteiger charge is 2.31. The first kappa shape index (κ1) is 21.3. The molecule has 0 unspecified atom stereocenters. The van der Waals surface area contributed by atoms with Gasteiger partial charge in [-0.2, -0.15) is 14.5 Å². The van der Waals surface area contributed by atoms with Crippen LogP contribution in [0.3, 0.4) is 0 Å². The molecule has 1 saturated heterocycles. The normalized spacial score (nSPS) is 15.2. The third kappa shape index (κ3) is 4.73.